The van der Waals surface area contributed by atoms with Gasteiger partial charge in [0.2, 0.25) is 5.91 Å². The smallest absolute Gasteiger partial charge is 0.224 e. The number of aromatic nitrogens is 1. The molecule has 1 unspecified atom stereocenters. The van der Waals surface area contributed by atoms with Crippen LogP contribution in [0.1, 0.15) is 38.1 Å². The predicted octanol–water partition coefficient (Wildman–Crippen LogP) is 3.77. The topological polar surface area (TPSA) is 57.7 Å². The van der Waals surface area contributed by atoms with Crippen molar-refractivity contribution in [2.45, 2.75) is 39.8 Å². The zero-order valence-corrected chi connectivity index (χ0v) is 17.7. The second-order valence-corrected chi connectivity index (χ2v) is 8.12. The Morgan fingerprint density at radius 1 is 1.17 bits per heavy atom. The normalized spacial score (nSPS) is 24.2. The molecule has 29 heavy (non-hydrogen) atoms. The summed E-state index contributed by atoms with van der Waals surface area (Å²) >= 11 is 0. The summed E-state index contributed by atoms with van der Waals surface area (Å²) in [6.07, 6.45) is 0. The summed E-state index contributed by atoms with van der Waals surface area (Å²) in [5.74, 6) is 1.18. The van der Waals surface area contributed by atoms with Crippen molar-refractivity contribution >= 4 is 23.1 Å². The number of fused-ring (bicyclic) bond motifs is 1. The number of rotatable bonds is 3. The second kappa shape index (κ2) is 8.03. The largest absolute Gasteiger partial charge is 0.378 e. The number of pyridine rings is 1. The van der Waals surface area contributed by atoms with Crippen LogP contribution in [0.15, 0.2) is 36.4 Å². The molecule has 4 rings (SSSR count). The van der Waals surface area contributed by atoms with E-state index in [-0.39, 0.29) is 23.9 Å². The highest BCUT2D eigenvalue weighted by Gasteiger charge is 2.38. The summed E-state index contributed by atoms with van der Waals surface area (Å²) in [6.45, 7) is 11.3. The molecule has 2 aromatic rings. The van der Waals surface area contributed by atoms with Crippen molar-refractivity contribution in [1.82, 2.24) is 4.98 Å². The van der Waals surface area contributed by atoms with Crippen LogP contribution in [0.2, 0.25) is 0 Å². The van der Waals surface area contributed by atoms with Crippen LogP contribution in [-0.2, 0) is 9.53 Å². The molecule has 1 amide bonds. The number of nitrogens with one attached hydrogen (secondary N) is 1. The van der Waals surface area contributed by atoms with Gasteiger partial charge in [0.1, 0.15) is 5.82 Å². The van der Waals surface area contributed by atoms with E-state index in [1.165, 1.54) is 5.69 Å². The highest BCUT2D eigenvalue weighted by Crippen LogP contribution is 2.43. The van der Waals surface area contributed by atoms with Gasteiger partial charge >= 0.3 is 0 Å². The van der Waals surface area contributed by atoms with E-state index in [1.54, 1.807) is 6.92 Å². The number of carbonyl (C=O) groups excluding carboxylic acids is 1. The first-order valence-corrected chi connectivity index (χ1v) is 10.4. The first-order valence-electron chi connectivity index (χ1n) is 10.4. The fourth-order valence-corrected chi connectivity index (χ4v) is 4.49. The van der Waals surface area contributed by atoms with Crippen LogP contribution in [0.5, 0.6) is 0 Å². The average Bonchev–Trinajstić information content (AvgIpc) is 2.72. The summed E-state index contributed by atoms with van der Waals surface area (Å²) in [5, 5.41) is 3.66. The van der Waals surface area contributed by atoms with Gasteiger partial charge < -0.3 is 19.9 Å². The van der Waals surface area contributed by atoms with Crippen LogP contribution in [0.3, 0.4) is 0 Å². The summed E-state index contributed by atoms with van der Waals surface area (Å²) in [6, 6.07) is 12.7. The van der Waals surface area contributed by atoms with Crippen LogP contribution in [-0.4, -0.2) is 43.2 Å². The van der Waals surface area contributed by atoms with E-state index in [4.69, 9.17) is 4.74 Å². The lowest BCUT2D eigenvalue weighted by atomic mass is 9.82. The van der Waals surface area contributed by atoms with Crippen molar-refractivity contribution in [3.63, 3.8) is 0 Å². The molecular weight excluding hydrogens is 364 g/mol. The summed E-state index contributed by atoms with van der Waals surface area (Å²) < 4.78 is 5.51. The van der Waals surface area contributed by atoms with Gasteiger partial charge in [-0.25, -0.2) is 4.98 Å². The third-order valence-corrected chi connectivity index (χ3v) is 6.21. The van der Waals surface area contributed by atoms with Gasteiger partial charge in [-0.2, -0.15) is 0 Å². The van der Waals surface area contributed by atoms with E-state index in [9.17, 15) is 4.79 Å². The van der Waals surface area contributed by atoms with Crippen LogP contribution >= 0.6 is 0 Å². The molecule has 6 heteroatoms. The monoisotopic (exact) mass is 394 g/mol. The maximum Gasteiger partial charge on any atom is 0.224 e. The molecule has 1 aromatic carbocycles. The number of aryl methyl sites for hydroxylation is 1. The lowest BCUT2D eigenvalue weighted by molar-refractivity contribution is -0.117. The van der Waals surface area contributed by atoms with Crippen molar-refractivity contribution in [2.24, 2.45) is 5.92 Å². The van der Waals surface area contributed by atoms with Crippen LogP contribution in [0, 0.1) is 12.8 Å². The first kappa shape index (κ1) is 19.7. The lowest BCUT2D eigenvalue weighted by Crippen LogP contribution is -2.48. The number of hydrogen-bond donors (Lipinski definition) is 1. The summed E-state index contributed by atoms with van der Waals surface area (Å²) in [7, 11) is 0. The molecule has 0 radical (unpaired) electrons. The highest BCUT2D eigenvalue weighted by atomic mass is 16.5. The number of nitrogens with zero attached hydrogens (tertiary/aromatic N) is 3. The van der Waals surface area contributed by atoms with Crippen molar-refractivity contribution in [3.05, 3.63) is 47.7 Å². The number of morpholine rings is 1. The third-order valence-electron chi connectivity index (χ3n) is 6.21. The maximum absolute atomic E-state index is 12.5. The molecule has 154 valence electrons. The Morgan fingerprint density at radius 3 is 2.62 bits per heavy atom. The minimum Gasteiger partial charge on any atom is -0.378 e. The zero-order chi connectivity index (χ0) is 20.5. The van der Waals surface area contributed by atoms with Crippen LogP contribution in [0.4, 0.5) is 17.2 Å². The predicted molar refractivity (Wildman–Crippen MR) is 117 cm³/mol. The van der Waals surface area contributed by atoms with Crippen molar-refractivity contribution in [2.75, 3.05) is 41.4 Å². The molecule has 6 nitrogen and oxygen atoms in total. The Bertz CT molecular complexity index is 894. The number of carbonyl (C=O) groups is 1. The molecule has 0 saturated carbocycles. The molecule has 1 N–H and O–H groups in total. The molecule has 0 aliphatic carbocycles. The van der Waals surface area contributed by atoms with E-state index in [1.807, 2.05) is 30.0 Å². The molecule has 0 bridgehead atoms. The fraction of sp³-hybridized carbons (Fsp3) is 0.478. The Kier molecular flexibility index (Phi) is 5.46. The van der Waals surface area contributed by atoms with Gasteiger partial charge in [-0.1, -0.05) is 13.0 Å². The van der Waals surface area contributed by atoms with Crippen molar-refractivity contribution in [3.8, 4) is 0 Å². The van der Waals surface area contributed by atoms with Gasteiger partial charge in [0.15, 0.2) is 0 Å². The van der Waals surface area contributed by atoms with Gasteiger partial charge in [-0.3, -0.25) is 4.79 Å². The van der Waals surface area contributed by atoms with Gasteiger partial charge in [0.25, 0.3) is 0 Å². The highest BCUT2D eigenvalue weighted by molar-refractivity contribution is 5.94. The molecule has 0 spiro atoms. The van der Waals surface area contributed by atoms with E-state index in [2.05, 4.69) is 47.2 Å². The summed E-state index contributed by atoms with van der Waals surface area (Å²) in [4.78, 5) is 21.4. The Morgan fingerprint density at radius 2 is 1.93 bits per heavy atom. The molecule has 2 aliphatic heterocycles. The number of anilines is 3. The molecular formula is C23H30N4O2. The molecule has 2 aliphatic rings. The average molecular weight is 395 g/mol. The van der Waals surface area contributed by atoms with E-state index in [0.29, 0.717) is 0 Å². The Hall–Kier alpha value is -2.60. The van der Waals surface area contributed by atoms with Crippen molar-refractivity contribution in [1.29, 1.82) is 0 Å². The molecule has 3 heterocycles. The molecule has 1 aromatic heterocycles. The number of hydrogen-bond acceptors (Lipinski definition) is 5. The van der Waals surface area contributed by atoms with Gasteiger partial charge in [-0.15, -0.1) is 0 Å². The molecule has 1 saturated heterocycles. The Balaban J connectivity index is 1.76. The standard InChI is InChI=1S/C23H30N4O2/c1-15-6-5-7-22(24-15)25-23-16(2)17(3)27(18(4)28)21-9-8-19(14-20(21)23)26-10-12-29-13-11-26/h5-9,14,16-17,23H,10-13H2,1-4H3,(H,24,25)/t16-,17-,23?/m0/s1. The van der Waals surface area contributed by atoms with Gasteiger partial charge in [-0.05, 0) is 44.2 Å². The lowest BCUT2D eigenvalue weighted by Gasteiger charge is -2.44. The quantitative estimate of drug-likeness (QED) is 0.859. The van der Waals surface area contributed by atoms with E-state index < -0.39 is 0 Å². The van der Waals surface area contributed by atoms with Gasteiger partial charge in [0.05, 0.1) is 19.3 Å². The summed E-state index contributed by atoms with van der Waals surface area (Å²) in [5.41, 5.74) is 4.31. The number of benzene rings is 1. The SMILES string of the molecule is CC(=O)N1c2ccc(N3CCOCC3)cc2C(Nc2cccc(C)n2)[C@@H](C)[C@@H]1C. The van der Waals surface area contributed by atoms with Gasteiger partial charge in [0, 0.05) is 54.6 Å². The maximum atomic E-state index is 12.5. The Labute approximate surface area is 172 Å². The number of amides is 1. The third kappa shape index (κ3) is 3.81. The minimum absolute atomic E-state index is 0.0749. The number of ether oxygens (including phenoxy) is 1. The van der Waals surface area contributed by atoms with Crippen LogP contribution < -0.4 is 15.1 Å². The fourth-order valence-electron chi connectivity index (χ4n) is 4.49. The van der Waals surface area contributed by atoms with E-state index in [0.717, 1.165) is 49.1 Å². The second-order valence-electron chi connectivity index (χ2n) is 8.12. The first-order chi connectivity index (χ1) is 14.0. The molecule has 1 fully saturated rings. The zero-order valence-electron chi connectivity index (χ0n) is 17.7. The molecule has 3 atom stereocenters. The van der Waals surface area contributed by atoms with Crippen LogP contribution in [0.25, 0.3) is 0 Å². The van der Waals surface area contributed by atoms with Crippen molar-refractivity contribution < 1.29 is 9.53 Å². The van der Waals surface area contributed by atoms with E-state index >= 15 is 0 Å². The minimum atomic E-state index is 0.0749.